The smallest absolute Gasteiger partial charge is 0.304 e. The van der Waals surface area contributed by atoms with Crippen molar-refractivity contribution in [2.24, 2.45) is 0 Å². The lowest BCUT2D eigenvalue weighted by atomic mass is 10.1. The summed E-state index contributed by atoms with van der Waals surface area (Å²) in [5, 5.41) is 8.80. The van der Waals surface area contributed by atoms with Gasteiger partial charge in [0.05, 0.1) is 13.5 Å². The van der Waals surface area contributed by atoms with Gasteiger partial charge >= 0.3 is 5.97 Å². The summed E-state index contributed by atoms with van der Waals surface area (Å²) in [6.45, 7) is 3.90. The number of hydrogen-bond acceptors (Lipinski definition) is 3. The fraction of sp³-hybridized carbons (Fsp3) is 0.462. The number of ether oxygens (including phenoxy) is 1. The zero-order chi connectivity index (χ0) is 12.9. The van der Waals surface area contributed by atoms with E-state index in [1.54, 1.807) is 18.9 Å². The average molecular weight is 254 g/mol. The second-order valence-electron chi connectivity index (χ2n) is 4.47. The van der Waals surface area contributed by atoms with Crippen LogP contribution in [0.2, 0.25) is 0 Å². The van der Waals surface area contributed by atoms with E-state index in [1.807, 2.05) is 38.1 Å². The molecule has 0 amide bonds. The van der Waals surface area contributed by atoms with E-state index in [0.29, 0.717) is 0 Å². The van der Waals surface area contributed by atoms with E-state index in [-0.39, 0.29) is 11.2 Å². The van der Waals surface area contributed by atoms with Crippen LogP contribution in [0, 0.1) is 0 Å². The Morgan fingerprint density at radius 1 is 1.47 bits per heavy atom. The van der Waals surface area contributed by atoms with E-state index in [9.17, 15) is 4.79 Å². The van der Waals surface area contributed by atoms with Gasteiger partial charge in [-0.05, 0) is 17.7 Å². The molecule has 0 atom stereocenters. The van der Waals surface area contributed by atoms with Crippen LogP contribution in [-0.4, -0.2) is 22.9 Å². The van der Waals surface area contributed by atoms with E-state index >= 15 is 0 Å². The minimum absolute atomic E-state index is 0.168. The molecular formula is C13H18O3S. The van der Waals surface area contributed by atoms with E-state index in [2.05, 4.69) is 0 Å². The molecule has 0 spiro atoms. The Labute approximate surface area is 106 Å². The molecule has 0 saturated heterocycles. The van der Waals surface area contributed by atoms with Crippen molar-refractivity contribution < 1.29 is 14.6 Å². The molecule has 1 rings (SSSR count). The first-order chi connectivity index (χ1) is 7.93. The fourth-order valence-corrected chi connectivity index (χ4v) is 2.42. The molecule has 0 heterocycles. The summed E-state index contributed by atoms with van der Waals surface area (Å²) in [5.41, 5.74) is 1.15. The van der Waals surface area contributed by atoms with E-state index in [4.69, 9.17) is 9.84 Å². The normalized spacial score (nSPS) is 11.2. The Morgan fingerprint density at radius 3 is 2.76 bits per heavy atom. The first-order valence-corrected chi connectivity index (χ1v) is 6.40. The molecule has 1 aromatic rings. The van der Waals surface area contributed by atoms with Gasteiger partial charge in [-0.25, -0.2) is 0 Å². The SMILES string of the molecule is COc1cccc(CSC(C)(C)CC(=O)O)c1. The molecule has 0 fully saturated rings. The quantitative estimate of drug-likeness (QED) is 0.847. The molecule has 4 heteroatoms. The number of hydrogen-bond donors (Lipinski definition) is 1. The predicted octanol–water partition coefficient (Wildman–Crippen LogP) is 3.18. The standard InChI is InChI=1S/C13H18O3S/c1-13(2,8-12(14)15)17-9-10-5-4-6-11(7-10)16-3/h4-7H,8-9H2,1-3H3,(H,14,15). The number of methoxy groups -OCH3 is 1. The minimum atomic E-state index is -0.756. The van der Waals surface area contributed by atoms with Crippen LogP contribution < -0.4 is 4.74 Å². The number of benzene rings is 1. The zero-order valence-corrected chi connectivity index (χ0v) is 11.2. The van der Waals surface area contributed by atoms with Crippen molar-refractivity contribution in [3.8, 4) is 5.75 Å². The van der Waals surface area contributed by atoms with Crippen LogP contribution >= 0.6 is 11.8 Å². The van der Waals surface area contributed by atoms with E-state index < -0.39 is 5.97 Å². The molecule has 0 aliphatic carbocycles. The number of carbonyl (C=O) groups is 1. The van der Waals surface area contributed by atoms with Gasteiger partial charge in [0.25, 0.3) is 0 Å². The maximum Gasteiger partial charge on any atom is 0.304 e. The molecule has 3 nitrogen and oxygen atoms in total. The minimum Gasteiger partial charge on any atom is -0.497 e. The predicted molar refractivity (Wildman–Crippen MR) is 70.6 cm³/mol. The highest BCUT2D eigenvalue weighted by atomic mass is 32.2. The number of rotatable bonds is 6. The zero-order valence-electron chi connectivity index (χ0n) is 10.4. The fourth-order valence-electron chi connectivity index (χ4n) is 1.46. The van der Waals surface area contributed by atoms with Crippen molar-refractivity contribution in [2.75, 3.05) is 7.11 Å². The van der Waals surface area contributed by atoms with Crippen LogP contribution in [0.4, 0.5) is 0 Å². The molecule has 0 aliphatic heterocycles. The summed E-state index contributed by atoms with van der Waals surface area (Å²) in [6.07, 6.45) is 0.168. The van der Waals surface area contributed by atoms with Crippen molar-refractivity contribution in [2.45, 2.75) is 30.8 Å². The molecule has 1 N–H and O–H groups in total. The Morgan fingerprint density at radius 2 is 2.18 bits per heavy atom. The van der Waals surface area contributed by atoms with Crippen LogP contribution in [0.5, 0.6) is 5.75 Å². The van der Waals surface area contributed by atoms with Crippen LogP contribution in [0.15, 0.2) is 24.3 Å². The maximum absolute atomic E-state index is 10.7. The summed E-state index contributed by atoms with van der Waals surface area (Å²) >= 11 is 1.64. The molecule has 1 aromatic carbocycles. The first kappa shape index (κ1) is 13.9. The molecule has 0 aromatic heterocycles. The Bertz CT molecular complexity index is 388. The van der Waals surface area contributed by atoms with Crippen LogP contribution in [0.1, 0.15) is 25.8 Å². The molecule has 0 unspecified atom stereocenters. The van der Waals surface area contributed by atoms with Crippen LogP contribution in [0.3, 0.4) is 0 Å². The first-order valence-electron chi connectivity index (χ1n) is 5.41. The van der Waals surface area contributed by atoms with Crippen molar-refractivity contribution in [1.29, 1.82) is 0 Å². The summed E-state index contributed by atoms with van der Waals surface area (Å²) in [4.78, 5) is 10.7. The number of carboxylic acids is 1. The molecule has 17 heavy (non-hydrogen) atoms. The van der Waals surface area contributed by atoms with Crippen molar-refractivity contribution in [1.82, 2.24) is 0 Å². The van der Waals surface area contributed by atoms with Gasteiger partial charge in [-0.2, -0.15) is 11.8 Å². The third kappa shape index (κ3) is 5.13. The summed E-state index contributed by atoms with van der Waals surface area (Å²) in [6, 6.07) is 7.84. The topological polar surface area (TPSA) is 46.5 Å². The van der Waals surface area contributed by atoms with Gasteiger partial charge in [0.2, 0.25) is 0 Å². The highest BCUT2D eigenvalue weighted by Crippen LogP contribution is 2.31. The Kier molecular flexibility index (Phi) is 4.87. The van der Waals surface area contributed by atoms with Crippen LogP contribution in [0.25, 0.3) is 0 Å². The van der Waals surface area contributed by atoms with E-state index in [0.717, 1.165) is 17.1 Å². The molecule has 0 bridgehead atoms. The molecule has 0 aliphatic rings. The van der Waals surface area contributed by atoms with Gasteiger partial charge in [-0.1, -0.05) is 26.0 Å². The lowest BCUT2D eigenvalue weighted by molar-refractivity contribution is -0.137. The summed E-state index contributed by atoms with van der Waals surface area (Å²) in [5.74, 6) is 0.865. The van der Waals surface area contributed by atoms with E-state index in [1.165, 1.54) is 0 Å². The largest absolute Gasteiger partial charge is 0.497 e. The van der Waals surface area contributed by atoms with Gasteiger partial charge in [0.15, 0.2) is 0 Å². The van der Waals surface area contributed by atoms with Crippen molar-refractivity contribution in [3.05, 3.63) is 29.8 Å². The monoisotopic (exact) mass is 254 g/mol. The molecular weight excluding hydrogens is 236 g/mol. The maximum atomic E-state index is 10.7. The highest BCUT2D eigenvalue weighted by Gasteiger charge is 2.22. The number of thioether (sulfide) groups is 1. The van der Waals surface area contributed by atoms with Crippen LogP contribution in [-0.2, 0) is 10.5 Å². The average Bonchev–Trinajstić information content (AvgIpc) is 2.25. The highest BCUT2D eigenvalue weighted by molar-refractivity contribution is 7.99. The number of carboxylic acid groups (broad SMARTS) is 1. The third-order valence-electron chi connectivity index (χ3n) is 2.34. The van der Waals surface area contributed by atoms with Crippen molar-refractivity contribution in [3.63, 3.8) is 0 Å². The van der Waals surface area contributed by atoms with Gasteiger partial charge in [0, 0.05) is 10.5 Å². The Balaban J connectivity index is 2.57. The van der Waals surface area contributed by atoms with Gasteiger partial charge in [-0.15, -0.1) is 0 Å². The van der Waals surface area contributed by atoms with Gasteiger partial charge in [-0.3, -0.25) is 4.79 Å². The van der Waals surface area contributed by atoms with Gasteiger partial charge < -0.3 is 9.84 Å². The number of aliphatic carboxylic acids is 1. The Hall–Kier alpha value is -1.16. The molecule has 0 radical (unpaired) electrons. The summed E-state index contributed by atoms with van der Waals surface area (Å²) in [7, 11) is 1.64. The molecule has 0 saturated carbocycles. The lowest BCUT2D eigenvalue weighted by Crippen LogP contribution is -2.19. The van der Waals surface area contributed by atoms with Crippen molar-refractivity contribution >= 4 is 17.7 Å². The third-order valence-corrected chi connectivity index (χ3v) is 3.74. The van der Waals surface area contributed by atoms with Gasteiger partial charge in [0.1, 0.15) is 5.75 Å². The molecule has 94 valence electrons. The second kappa shape index (κ2) is 5.96. The summed E-state index contributed by atoms with van der Waals surface area (Å²) < 4.78 is 4.89. The lowest BCUT2D eigenvalue weighted by Gasteiger charge is -2.21. The second-order valence-corrected chi connectivity index (χ2v) is 6.15.